The third-order valence-corrected chi connectivity index (χ3v) is 3.59. The van der Waals surface area contributed by atoms with E-state index in [9.17, 15) is 12.6 Å². The number of rotatable bonds is 0. The first-order chi connectivity index (χ1) is 4.91. The first kappa shape index (κ1) is 8.51. The predicted molar refractivity (Wildman–Crippen MR) is 43.5 cm³/mol. The van der Waals surface area contributed by atoms with Crippen molar-refractivity contribution in [2.45, 2.75) is 0 Å². The molecule has 11 heavy (non-hydrogen) atoms. The molecule has 0 saturated carbocycles. The van der Waals surface area contributed by atoms with Crippen LogP contribution in [0.4, 0.5) is 0 Å². The molecule has 0 spiro atoms. The fraction of sp³-hybridized carbons (Fsp3) is 0. The first-order valence-electron chi connectivity index (χ1n) is 2.59. The highest BCUT2D eigenvalue weighted by molar-refractivity contribution is 8.07. The van der Waals surface area contributed by atoms with E-state index in [1.54, 1.807) is 0 Å². The van der Waals surface area contributed by atoms with Crippen LogP contribution in [-0.4, -0.2) is 18.5 Å². The van der Waals surface area contributed by atoms with Crippen LogP contribution in [0.15, 0.2) is 23.0 Å². The summed E-state index contributed by atoms with van der Waals surface area (Å²) in [5, 5.41) is 1.93. The molecule has 1 aliphatic heterocycles. The standard InChI is InChI=1S/C5H6O4S2/c1-10(6)4-2-3-5-11(7,8)9-10/h2-5H,1H2. The topological polar surface area (TPSA) is 60.4 Å². The molecule has 0 aromatic heterocycles. The van der Waals surface area contributed by atoms with Crippen LogP contribution in [0.1, 0.15) is 0 Å². The van der Waals surface area contributed by atoms with E-state index in [4.69, 9.17) is 0 Å². The molecule has 1 rings (SSSR count). The van der Waals surface area contributed by atoms with Crippen molar-refractivity contribution < 1.29 is 16.3 Å². The van der Waals surface area contributed by atoms with Crippen molar-refractivity contribution in [3.05, 3.63) is 23.0 Å². The predicted octanol–water partition coefficient (Wildman–Crippen LogP) is 0.00520. The molecule has 0 aromatic carbocycles. The SMILES string of the molecule is C=S1(=O)C=CC=CS(=O)(=O)O1. The summed E-state index contributed by atoms with van der Waals surface area (Å²) in [4.78, 5) is 0. The highest BCUT2D eigenvalue weighted by atomic mass is 32.3. The molecular formula is C5H6O4S2. The van der Waals surface area contributed by atoms with E-state index in [2.05, 4.69) is 9.50 Å². The molecule has 62 valence electrons. The smallest absolute Gasteiger partial charge is 0.235 e. The highest BCUT2D eigenvalue weighted by Crippen LogP contribution is 2.08. The van der Waals surface area contributed by atoms with E-state index in [0.29, 0.717) is 0 Å². The normalized spacial score (nSPS) is 34.9. The molecule has 0 saturated heterocycles. The summed E-state index contributed by atoms with van der Waals surface area (Å²) in [5.41, 5.74) is 0. The first-order valence-corrected chi connectivity index (χ1v) is 5.78. The molecule has 1 aliphatic rings. The van der Waals surface area contributed by atoms with Crippen LogP contribution < -0.4 is 0 Å². The van der Waals surface area contributed by atoms with Crippen molar-refractivity contribution >= 4 is 25.8 Å². The van der Waals surface area contributed by atoms with Gasteiger partial charge in [0, 0.05) is 5.41 Å². The van der Waals surface area contributed by atoms with Crippen LogP contribution in [-0.2, 0) is 23.6 Å². The second-order valence-corrected chi connectivity index (χ2v) is 5.28. The Kier molecular flexibility index (Phi) is 1.91. The Morgan fingerprint density at radius 3 is 2.27 bits per heavy atom. The molecular weight excluding hydrogens is 188 g/mol. The summed E-state index contributed by atoms with van der Waals surface area (Å²) in [6.07, 6.45) is 2.55. The molecule has 1 atom stereocenters. The van der Waals surface area contributed by atoms with E-state index in [0.717, 1.165) is 10.8 Å². The molecule has 0 radical (unpaired) electrons. The summed E-state index contributed by atoms with van der Waals surface area (Å²) < 4.78 is 36.6. The fourth-order valence-corrected chi connectivity index (χ4v) is 2.77. The van der Waals surface area contributed by atoms with Crippen LogP contribution >= 0.6 is 0 Å². The van der Waals surface area contributed by atoms with Crippen molar-refractivity contribution in [3.8, 4) is 0 Å². The van der Waals surface area contributed by atoms with E-state index in [1.807, 2.05) is 0 Å². The van der Waals surface area contributed by atoms with E-state index >= 15 is 0 Å². The van der Waals surface area contributed by atoms with Gasteiger partial charge in [0.15, 0.2) is 0 Å². The summed E-state index contributed by atoms with van der Waals surface area (Å²) in [5.74, 6) is 3.08. The van der Waals surface area contributed by atoms with Gasteiger partial charge in [0.05, 0.1) is 5.41 Å². The van der Waals surface area contributed by atoms with Gasteiger partial charge in [-0.2, -0.15) is 12.0 Å². The quantitative estimate of drug-likeness (QED) is 0.509. The number of allylic oxidation sites excluding steroid dienone is 2. The van der Waals surface area contributed by atoms with E-state index in [1.165, 1.54) is 12.2 Å². The monoisotopic (exact) mass is 194 g/mol. The molecule has 6 heteroatoms. The summed E-state index contributed by atoms with van der Waals surface area (Å²) >= 11 is 0. The fourth-order valence-electron chi connectivity index (χ4n) is 0.513. The van der Waals surface area contributed by atoms with Gasteiger partial charge in [-0.3, -0.25) is 0 Å². The lowest BCUT2D eigenvalue weighted by Crippen LogP contribution is -2.06. The Bertz CT molecular complexity index is 356. The van der Waals surface area contributed by atoms with Crippen LogP contribution in [0.25, 0.3) is 0 Å². The second-order valence-electron chi connectivity index (χ2n) is 1.88. The summed E-state index contributed by atoms with van der Waals surface area (Å²) in [6.45, 7) is 0. The lowest BCUT2D eigenvalue weighted by atomic mass is 10.6. The summed E-state index contributed by atoms with van der Waals surface area (Å²) in [7, 11) is -6.87. The third kappa shape index (κ3) is 2.49. The van der Waals surface area contributed by atoms with Gasteiger partial charge in [0.25, 0.3) is 0 Å². The van der Waals surface area contributed by atoms with E-state index in [-0.39, 0.29) is 0 Å². The molecule has 0 bridgehead atoms. The average molecular weight is 194 g/mol. The molecule has 0 aliphatic carbocycles. The van der Waals surface area contributed by atoms with Gasteiger partial charge in [-0.05, 0) is 11.9 Å². The molecule has 4 nitrogen and oxygen atoms in total. The van der Waals surface area contributed by atoms with E-state index < -0.39 is 19.9 Å². The molecule has 0 aromatic rings. The van der Waals surface area contributed by atoms with Gasteiger partial charge in [-0.25, -0.2) is 4.21 Å². The minimum absolute atomic E-state index is 0.821. The Balaban J connectivity index is 3.23. The maximum absolute atomic E-state index is 11.0. The van der Waals surface area contributed by atoms with Crippen LogP contribution in [0.5, 0.6) is 0 Å². The Hall–Kier alpha value is -0.590. The molecule has 0 fully saturated rings. The molecule has 1 unspecified atom stereocenters. The molecule has 1 heterocycles. The lowest BCUT2D eigenvalue weighted by molar-refractivity contribution is 0.511. The van der Waals surface area contributed by atoms with Crippen molar-refractivity contribution in [2.75, 3.05) is 0 Å². The average Bonchev–Trinajstić information content (AvgIpc) is 1.86. The maximum Gasteiger partial charge on any atom is 0.302 e. The lowest BCUT2D eigenvalue weighted by Gasteiger charge is -1.99. The summed E-state index contributed by atoms with van der Waals surface area (Å²) in [6, 6.07) is 0. The number of hydrogen-bond acceptors (Lipinski definition) is 4. The maximum atomic E-state index is 11.0. The van der Waals surface area contributed by atoms with Gasteiger partial charge in [-0.1, -0.05) is 6.08 Å². The van der Waals surface area contributed by atoms with Gasteiger partial charge in [-0.15, -0.1) is 0 Å². The Morgan fingerprint density at radius 1 is 1.09 bits per heavy atom. The van der Waals surface area contributed by atoms with Crippen LogP contribution in [0, 0.1) is 0 Å². The third-order valence-electron chi connectivity index (χ3n) is 0.852. The van der Waals surface area contributed by atoms with Crippen molar-refractivity contribution in [2.24, 2.45) is 0 Å². The zero-order chi connectivity index (χ0) is 8.54. The van der Waals surface area contributed by atoms with Crippen LogP contribution in [0.3, 0.4) is 0 Å². The minimum Gasteiger partial charge on any atom is -0.235 e. The van der Waals surface area contributed by atoms with Gasteiger partial charge in [0.2, 0.25) is 0 Å². The Labute approximate surface area is 65.5 Å². The zero-order valence-electron chi connectivity index (χ0n) is 5.47. The van der Waals surface area contributed by atoms with Crippen LogP contribution in [0.2, 0.25) is 0 Å². The van der Waals surface area contributed by atoms with Gasteiger partial charge >= 0.3 is 10.1 Å². The zero-order valence-corrected chi connectivity index (χ0v) is 7.10. The largest absolute Gasteiger partial charge is 0.302 e. The van der Waals surface area contributed by atoms with Gasteiger partial charge in [0.1, 0.15) is 9.80 Å². The molecule has 0 N–H and O–H groups in total. The van der Waals surface area contributed by atoms with Crippen molar-refractivity contribution in [1.29, 1.82) is 0 Å². The van der Waals surface area contributed by atoms with Crippen molar-refractivity contribution in [3.63, 3.8) is 0 Å². The molecule has 0 amide bonds. The van der Waals surface area contributed by atoms with Gasteiger partial charge < -0.3 is 0 Å². The minimum atomic E-state index is -3.81. The Morgan fingerprint density at radius 2 is 1.64 bits per heavy atom. The highest BCUT2D eigenvalue weighted by Gasteiger charge is 2.13. The second kappa shape index (κ2) is 2.47. The number of hydrogen-bond donors (Lipinski definition) is 0. The van der Waals surface area contributed by atoms with Crippen molar-refractivity contribution in [1.82, 2.24) is 0 Å².